The number of benzene rings is 3. The van der Waals surface area contributed by atoms with Gasteiger partial charge < -0.3 is 14.6 Å². The SMILES string of the molecule is COc1cc(-c2nc(NC(=O)c3cc(C(=O)O)c4ccccc4c3)ncc2CC2CCCCC2)c(OC)cc1C. The summed E-state index contributed by atoms with van der Waals surface area (Å²) in [5.41, 5.74) is 3.62. The lowest BCUT2D eigenvalue weighted by Gasteiger charge is -2.23. The highest BCUT2D eigenvalue weighted by Crippen LogP contribution is 2.38. The van der Waals surface area contributed by atoms with Crippen LogP contribution in [0.25, 0.3) is 22.0 Å². The number of aryl methyl sites for hydroxylation is 1. The van der Waals surface area contributed by atoms with Crippen molar-refractivity contribution in [2.75, 3.05) is 19.5 Å². The van der Waals surface area contributed by atoms with E-state index in [-0.39, 0.29) is 17.1 Å². The Hall–Kier alpha value is -4.46. The minimum absolute atomic E-state index is 0.0594. The molecular weight excluding hydrogens is 506 g/mol. The van der Waals surface area contributed by atoms with Gasteiger partial charge in [0.2, 0.25) is 5.95 Å². The fraction of sp³-hybridized carbons (Fsp3) is 0.312. The number of ether oxygens (including phenoxy) is 2. The zero-order chi connectivity index (χ0) is 28.2. The molecule has 206 valence electrons. The molecule has 40 heavy (non-hydrogen) atoms. The number of nitrogens with one attached hydrogen (secondary N) is 1. The van der Waals surface area contributed by atoms with Gasteiger partial charge in [0.1, 0.15) is 11.5 Å². The molecule has 2 N–H and O–H groups in total. The number of hydrogen-bond acceptors (Lipinski definition) is 6. The van der Waals surface area contributed by atoms with E-state index in [0.717, 1.165) is 23.1 Å². The minimum atomic E-state index is -1.10. The highest BCUT2D eigenvalue weighted by Gasteiger charge is 2.22. The number of nitrogens with zero attached hydrogens (tertiary/aromatic N) is 2. The molecule has 8 nitrogen and oxygen atoms in total. The van der Waals surface area contributed by atoms with Crippen LogP contribution >= 0.6 is 0 Å². The lowest BCUT2D eigenvalue weighted by atomic mass is 9.84. The quantitative estimate of drug-likeness (QED) is 0.256. The van der Waals surface area contributed by atoms with Crippen LogP contribution in [-0.4, -0.2) is 41.2 Å². The highest BCUT2D eigenvalue weighted by molar-refractivity contribution is 6.11. The second-order valence-electron chi connectivity index (χ2n) is 10.3. The van der Waals surface area contributed by atoms with Gasteiger partial charge in [0.25, 0.3) is 5.91 Å². The molecule has 1 aliphatic rings. The molecule has 3 aromatic carbocycles. The molecule has 1 amide bonds. The fourth-order valence-electron chi connectivity index (χ4n) is 5.58. The van der Waals surface area contributed by atoms with Crippen molar-refractivity contribution in [1.82, 2.24) is 9.97 Å². The van der Waals surface area contributed by atoms with Crippen LogP contribution in [0.4, 0.5) is 5.95 Å². The van der Waals surface area contributed by atoms with E-state index in [1.54, 1.807) is 50.7 Å². The number of methoxy groups -OCH3 is 2. The minimum Gasteiger partial charge on any atom is -0.496 e. The van der Waals surface area contributed by atoms with Gasteiger partial charge in [0.05, 0.1) is 25.5 Å². The number of aromatic nitrogens is 2. The van der Waals surface area contributed by atoms with Crippen LogP contribution in [0, 0.1) is 12.8 Å². The smallest absolute Gasteiger partial charge is 0.336 e. The predicted octanol–water partition coefficient (Wildman–Crippen LogP) is 6.70. The van der Waals surface area contributed by atoms with E-state index in [4.69, 9.17) is 14.5 Å². The van der Waals surface area contributed by atoms with E-state index >= 15 is 0 Å². The van der Waals surface area contributed by atoms with Crippen molar-refractivity contribution in [2.45, 2.75) is 45.4 Å². The summed E-state index contributed by atoms with van der Waals surface area (Å²) >= 11 is 0. The maximum Gasteiger partial charge on any atom is 0.336 e. The lowest BCUT2D eigenvalue weighted by Crippen LogP contribution is -2.17. The number of carbonyl (C=O) groups excluding carboxylic acids is 1. The van der Waals surface area contributed by atoms with Crippen molar-refractivity contribution in [2.24, 2.45) is 5.92 Å². The van der Waals surface area contributed by atoms with E-state index in [2.05, 4.69) is 10.3 Å². The molecule has 0 atom stereocenters. The summed E-state index contributed by atoms with van der Waals surface area (Å²) in [5, 5.41) is 13.7. The first-order chi connectivity index (χ1) is 19.4. The van der Waals surface area contributed by atoms with E-state index in [1.807, 2.05) is 19.1 Å². The second kappa shape index (κ2) is 11.7. The molecule has 4 aromatic rings. The second-order valence-corrected chi connectivity index (χ2v) is 10.3. The molecule has 0 aliphatic heterocycles. The zero-order valence-electron chi connectivity index (χ0n) is 23.0. The normalized spacial score (nSPS) is 13.7. The van der Waals surface area contributed by atoms with Gasteiger partial charge in [-0.1, -0.05) is 56.4 Å². The molecule has 1 aliphatic carbocycles. The summed E-state index contributed by atoms with van der Waals surface area (Å²) in [6, 6.07) is 14.0. The third-order valence-electron chi connectivity index (χ3n) is 7.65. The van der Waals surface area contributed by atoms with Crippen LogP contribution in [0.15, 0.2) is 54.7 Å². The average molecular weight is 540 g/mol. The van der Waals surface area contributed by atoms with Crippen LogP contribution in [0.2, 0.25) is 0 Å². The average Bonchev–Trinajstić information content (AvgIpc) is 2.97. The molecule has 1 fully saturated rings. The molecule has 8 heteroatoms. The van der Waals surface area contributed by atoms with Crippen LogP contribution in [0.5, 0.6) is 11.5 Å². The number of carbonyl (C=O) groups is 2. The summed E-state index contributed by atoms with van der Waals surface area (Å²) in [4.78, 5) is 34.5. The van der Waals surface area contributed by atoms with Crippen LogP contribution < -0.4 is 14.8 Å². The van der Waals surface area contributed by atoms with Crippen LogP contribution in [0.3, 0.4) is 0 Å². The number of anilines is 1. The first kappa shape index (κ1) is 27.1. The fourth-order valence-corrected chi connectivity index (χ4v) is 5.58. The summed E-state index contributed by atoms with van der Waals surface area (Å²) in [7, 11) is 3.25. The first-order valence-corrected chi connectivity index (χ1v) is 13.5. The monoisotopic (exact) mass is 539 g/mol. The van der Waals surface area contributed by atoms with Gasteiger partial charge in [0, 0.05) is 17.3 Å². The first-order valence-electron chi connectivity index (χ1n) is 13.5. The molecule has 0 bridgehead atoms. The Morgan fingerprint density at radius 3 is 2.48 bits per heavy atom. The summed E-state index contributed by atoms with van der Waals surface area (Å²) in [5.74, 6) is 0.436. The van der Waals surface area contributed by atoms with Gasteiger partial charge in [-0.15, -0.1) is 0 Å². The number of rotatable bonds is 8. The van der Waals surface area contributed by atoms with E-state index < -0.39 is 11.9 Å². The van der Waals surface area contributed by atoms with Gasteiger partial charge >= 0.3 is 5.97 Å². The van der Waals surface area contributed by atoms with Crippen molar-refractivity contribution >= 4 is 28.6 Å². The molecule has 0 unspecified atom stereocenters. The van der Waals surface area contributed by atoms with Crippen LogP contribution in [-0.2, 0) is 6.42 Å². The third kappa shape index (κ3) is 5.61. The van der Waals surface area contributed by atoms with Gasteiger partial charge in [0.15, 0.2) is 0 Å². The molecule has 1 heterocycles. The maximum atomic E-state index is 13.3. The highest BCUT2D eigenvalue weighted by atomic mass is 16.5. The van der Waals surface area contributed by atoms with Crippen LogP contribution in [0.1, 0.15) is 63.9 Å². The molecule has 0 radical (unpaired) electrons. The van der Waals surface area contributed by atoms with E-state index in [1.165, 1.54) is 38.2 Å². The Bertz CT molecular complexity index is 1580. The van der Waals surface area contributed by atoms with Crippen molar-refractivity contribution in [1.29, 1.82) is 0 Å². The zero-order valence-corrected chi connectivity index (χ0v) is 23.0. The lowest BCUT2D eigenvalue weighted by molar-refractivity contribution is 0.0699. The number of hydrogen-bond donors (Lipinski definition) is 2. The number of fused-ring (bicyclic) bond motifs is 1. The van der Waals surface area contributed by atoms with Gasteiger partial charge in [-0.25, -0.2) is 14.8 Å². The maximum absolute atomic E-state index is 13.3. The molecule has 1 saturated carbocycles. The Morgan fingerprint density at radius 2 is 1.75 bits per heavy atom. The Balaban J connectivity index is 1.54. The number of aromatic carboxylic acids is 1. The van der Waals surface area contributed by atoms with Gasteiger partial charge in [-0.3, -0.25) is 10.1 Å². The number of carboxylic acids is 1. The van der Waals surface area contributed by atoms with Crippen molar-refractivity contribution in [3.63, 3.8) is 0 Å². The van der Waals surface area contributed by atoms with Gasteiger partial charge in [-0.2, -0.15) is 0 Å². The third-order valence-corrected chi connectivity index (χ3v) is 7.65. The largest absolute Gasteiger partial charge is 0.496 e. The molecule has 1 aromatic heterocycles. The number of amides is 1. The molecule has 0 spiro atoms. The van der Waals surface area contributed by atoms with E-state index in [9.17, 15) is 14.7 Å². The topological polar surface area (TPSA) is 111 Å². The Morgan fingerprint density at radius 1 is 1.00 bits per heavy atom. The Kier molecular flexibility index (Phi) is 7.96. The van der Waals surface area contributed by atoms with Crippen molar-refractivity contribution in [3.8, 4) is 22.8 Å². The Labute approximate surface area is 233 Å². The standard InChI is InChI=1S/C32H33N3O5/c1-19-13-28(40-3)26(17-27(19)39-2)29-23(14-20-9-5-4-6-10-20)18-33-32(34-29)35-30(36)22-15-21-11-7-8-12-24(21)25(16-22)31(37)38/h7-8,11-13,15-18,20H,4-6,9-10,14H2,1-3H3,(H,37,38)(H,33,34,35,36). The predicted molar refractivity (Wildman–Crippen MR) is 154 cm³/mol. The number of carboxylic acid groups (broad SMARTS) is 1. The molecule has 0 saturated heterocycles. The van der Waals surface area contributed by atoms with Crippen molar-refractivity contribution in [3.05, 3.63) is 77.0 Å². The summed E-state index contributed by atoms with van der Waals surface area (Å²) in [6.07, 6.45) is 8.66. The van der Waals surface area contributed by atoms with E-state index in [0.29, 0.717) is 33.9 Å². The van der Waals surface area contributed by atoms with Crippen molar-refractivity contribution < 1.29 is 24.2 Å². The van der Waals surface area contributed by atoms with Gasteiger partial charge in [-0.05, 0) is 65.4 Å². The molecular formula is C32H33N3O5. The summed E-state index contributed by atoms with van der Waals surface area (Å²) in [6.45, 7) is 1.95. The molecule has 5 rings (SSSR count). The summed E-state index contributed by atoms with van der Waals surface area (Å²) < 4.78 is 11.3.